The first-order chi connectivity index (χ1) is 13.3. The van der Waals surface area contributed by atoms with Crippen LogP contribution in [-0.2, 0) is 11.3 Å². The summed E-state index contributed by atoms with van der Waals surface area (Å²) in [6.07, 6.45) is 3.58. The van der Waals surface area contributed by atoms with Crippen LogP contribution in [0.4, 0.5) is 0 Å². The van der Waals surface area contributed by atoms with Crippen LogP contribution in [-0.4, -0.2) is 37.5 Å². The topological polar surface area (TPSA) is 78.9 Å². The van der Waals surface area contributed by atoms with Crippen LogP contribution in [0.15, 0.2) is 36.5 Å². The van der Waals surface area contributed by atoms with Crippen LogP contribution in [0.5, 0.6) is 17.4 Å². The van der Waals surface area contributed by atoms with Crippen LogP contribution in [0, 0.1) is 5.92 Å². The Morgan fingerprint density at radius 1 is 1.15 bits per heavy atom. The molecule has 2 aliphatic rings. The van der Waals surface area contributed by atoms with Gasteiger partial charge in [-0.15, -0.1) is 0 Å². The number of fused-ring (bicyclic) bond motifs is 1. The number of hydrogen-bond donors (Lipinski definition) is 1. The molecule has 2 aromatic rings. The minimum atomic E-state index is -0.175. The maximum absolute atomic E-state index is 12.4. The largest absolute Gasteiger partial charge is 0.477 e. The highest BCUT2D eigenvalue weighted by molar-refractivity contribution is 5.94. The van der Waals surface area contributed by atoms with Crippen molar-refractivity contribution in [1.29, 1.82) is 0 Å². The zero-order valence-electron chi connectivity index (χ0n) is 15.0. The Labute approximate surface area is 157 Å². The van der Waals surface area contributed by atoms with E-state index in [0.717, 1.165) is 37.4 Å². The number of aromatic nitrogens is 1. The molecule has 1 fully saturated rings. The van der Waals surface area contributed by atoms with Gasteiger partial charge in [-0.2, -0.15) is 0 Å². The maximum Gasteiger partial charge on any atom is 0.251 e. The predicted octanol–water partition coefficient (Wildman–Crippen LogP) is 2.55. The summed E-state index contributed by atoms with van der Waals surface area (Å²) in [6.45, 7) is 2.79. The molecule has 0 radical (unpaired) electrons. The van der Waals surface area contributed by atoms with E-state index in [2.05, 4.69) is 10.3 Å². The van der Waals surface area contributed by atoms with E-state index in [4.69, 9.17) is 18.9 Å². The fraction of sp³-hybridized carbons (Fsp3) is 0.400. The van der Waals surface area contributed by atoms with Crippen molar-refractivity contribution < 1.29 is 23.7 Å². The minimum Gasteiger partial charge on any atom is -0.477 e. The van der Waals surface area contributed by atoms with Crippen LogP contribution in [0.3, 0.4) is 0 Å². The molecule has 4 rings (SSSR count). The molecule has 0 unspecified atom stereocenters. The van der Waals surface area contributed by atoms with Gasteiger partial charge in [0.05, 0.1) is 6.61 Å². The van der Waals surface area contributed by atoms with Crippen molar-refractivity contribution in [2.24, 2.45) is 5.92 Å². The molecule has 2 aliphatic heterocycles. The summed E-state index contributed by atoms with van der Waals surface area (Å²) in [6, 6.07) is 8.98. The van der Waals surface area contributed by atoms with E-state index < -0.39 is 0 Å². The van der Waals surface area contributed by atoms with Gasteiger partial charge in [0.15, 0.2) is 11.5 Å². The van der Waals surface area contributed by atoms with E-state index in [1.54, 1.807) is 18.3 Å². The van der Waals surface area contributed by atoms with E-state index in [1.807, 2.05) is 18.2 Å². The molecule has 0 bridgehead atoms. The number of nitrogens with zero attached hydrogens (tertiary/aromatic N) is 1. The van der Waals surface area contributed by atoms with E-state index >= 15 is 0 Å². The van der Waals surface area contributed by atoms with Gasteiger partial charge < -0.3 is 24.3 Å². The van der Waals surface area contributed by atoms with Crippen LogP contribution in [0.25, 0.3) is 0 Å². The molecule has 1 N–H and O–H groups in total. The van der Waals surface area contributed by atoms with Crippen molar-refractivity contribution in [1.82, 2.24) is 10.3 Å². The van der Waals surface area contributed by atoms with Gasteiger partial charge in [-0.3, -0.25) is 4.79 Å². The molecule has 27 heavy (non-hydrogen) atoms. The highest BCUT2D eigenvalue weighted by Crippen LogP contribution is 2.32. The Kier molecular flexibility index (Phi) is 5.39. The molecule has 0 aliphatic carbocycles. The van der Waals surface area contributed by atoms with Gasteiger partial charge in [-0.1, -0.05) is 6.07 Å². The van der Waals surface area contributed by atoms with Crippen molar-refractivity contribution in [2.75, 3.05) is 26.6 Å². The van der Waals surface area contributed by atoms with Gasteiger partial charge in [0, 0.05) is 37.6 Å². The second-order valence-corrected chi connectivity index (χ2v) is 6.62. The first-order valence-corrected chi connectivity index (χ1v) is 9.11. The number of rotatable bonds is 6. The van der Waals surface area contributed by atoms with Crippen molar-refractivity contribution in [3.05, 3.63) is 47.7 Å². The SMILES string of the molecule is O=C(NCc1ccc2c(c1)OCO2)c1ccnc(OCC2CCOCC2)c1. The van der Waals surface area contributed by atoms with Gasteiger partial charge in [-0.05, 0) is 42.5 Å². The lowest BCUT2D eigenvalue weighted by Crippen LogP contribution is -2.23. The molecule has 1 amide bonds. The summed E-state index contributed by atoms with van der Waals surface area (Å²) in [4.78, 5) is 16.6. The molecular formula is C20H22N2O5. The number of benzene rings is 1. The molecular weight excluding hydrogens is 348 g/mol. The summed E-state index contributed by atoms with van der Waals surface area (Å²) in [5.74, 6) is 2.20. The van der Waals surface area contributed by atoms with Crippen molar-refractivity contribution >= 4 is 5.91 Å². The minimum absolute atomic E-state index is 0.175. The number of carbonyl (C=O) groups is 1. The van der Waals surface area contributed by atoms with E-state index in [1.165, 1.54) is 0 Å². The lowest BCUT2D eigenvalue weighted by atomic mass is 10.0. The van der Waals surface area contributed by atoms with Gasteiger partial charge in [-0.25, -0.2) is 4.98 Å². The fourth-order valence-electron chi connectivity index (χ4n) is 3.08. The maximum atomic E-state index is 12.4. The molecule has 142 valence electrons. The lowest BCUT2D eigenvalue weighted by Gasteiger charge is -2.21. The smallest absolute Gasteiger partial charge is 0.251 e. The van der Waals surface area contributed by atoms with Gasteiger partial charge >= 0.3 is 0 Å². The fourth-order valence-corrected chi connectivity index (χ4v) is 3.08. The van der Waals surface area contributed by atoms with Crippen LogP contribution < -0.4 is 19.5 Å². The molecule has 7 heteroatoms. The monoisotopic (exact) mass is 370 g/mol. The first kappa shape index (κ1) is 17.6. The number of pyridine rings is 1. The Morgan fingerprint density at radius 2 is 2.00 bits per heavy atom. The zero-order chi connectivity index (χ0) is 18.5. The van der Waals surface area contributed by atoms with E-state index in [9.17, 15) is 4.79 Å². The second kappa shape index (κ2) is 8.26. The Hall–Kier alpha value is -2.80. The quantitative estimate of drug-likeness (QED) is 0.842. The highest BCUT2D eigenvalue weighted by atomic mass is 16.7. The third kappa shape index (κ3) is 4.49. The summed E-state index contributed by atoms with van der Waals surface area (Å²) in [7, 11) is 0. The number of amides is 1. The first-order valence-electron chi connectivity index (χ1n) is 9.11. The standard InChI is InChI=1S/C20H22N2O5/c23-20(22-11-15-1-2-17-18(9-15)27-13-26-17)16-3-6-21-19(10-16)25-12-14-4-7-24-8-5-14/h1-3,6,9-10,14H,4-5,7-8,11-13H2,(H,22,23). The van der Waals surface area contributed by atoms with Gasteiger partial charge in [0.25, 0.3) is 5.91 Å². The Bertz CT molecular complexity index is 805. The molecule has 0 spiro atoms. The molecule has 3 heterocycles. The lowest BCUT2D eigenvalue weighted by molar-refractivity contribution is 0.0490. The molecule has 1 aromatic carbocycles. The summed E-state index contributed by atoms with van der Waals surface area (Å²) >= 11 is 0. The average molecular weight is 370 g/mol. The van der Waals surface area contributed by atoms with E-state index in [-0.39, 0.29) is 12.7 Å². The van der Waals surface area contributed by atoms with Gasteiger partial charge in [0.1, 0.15) is 0 Å². The molecule has 1 saturated heterocycles. The predicted molar refractivity (Wildman–Crippen MR) is 97.0 cm³/mol. The normalized spacial score (nSPS) is 16.1. The zero-order valence-corrected chi connectivity index (χ0v) is 15.0. The third-order valence-electron chi connectivity index (χ3n) is 4.69. The van der Waals surface area contributed by atoms with E-state index in [0.29, 0.717) is 36.3 Å². The van der Waals surface area contributed by atoms with Crippen LogP contribution in [0.1, 0.15) is 28.8 Å². The molecule has 0 atom stereocenters. The summed E-state index contributed by atoms with van der Waals surface area (Å²) in [5.41, 5.74) is 1.46. The molecule has 7 nitrogen and oxygen atoms in total. The van der Waals surface area contributed by atoms with Crippen molar-refractivity contribution in [3.8, 4) is 17.4 Å². The summed E-state index contributed by atoms with van der Waals surface area (Å²) in [5, 5.41) is 2.90. The average Bonchev–Trinajstić information content (AvgIpc) is 3.19. The van der Waals surface area contributed by atoms with Crippen LogP contribution >= 0.6 is 0 Å². The van der Waals surface area contributed by atoms with Crippen LogP contribution in [0.2, 0.25) is 0 Å². The number of ether oxygens (including phenoxy) is 4. The molecule has 1 aromatic heterocycles. The molecule has 0 saturated carbocycles. The number of carbonyl (C=O) groups excluding carboxylic acids is 1. The van der Waals surface area contributed by atoms with Gasteiger partial charge in [0.2, 0.25) is 12.7 Å². The van der Waals surface area contributed by atoms with Crippen molar-refractivity contribution in [3.63, 3.8) is 0 Å². The number of nitrogens with one attached hydrogen (secondary N) is 1. The van der Waals surface area contributed by atoms with Crippen molar-refractivity contribution in [2.45, 2.75) is 19.4 Å². The highest BCUT2D eigenvalue weighted by Gasteiger charge is 2.16. The number of hydrogen-bond acceptors (Lipinski definition) is 6. The second-order valence-electron chi connectivity index (χ2n) is 6.62. The Morgan fingerprint density at radius 3 is 2.89 bits per heavy atom. The Balaban J connectivity index is 1.31. The summed E-state index contributed by atoms with van der Waals surface area (Å²) < 4.78 is 21.8. The third-order valence-corrected chi connectivity index (χ3v) is 4.69.